The van der Waals surface area contributed by atoms with Gasteiger partial charge in [-0.2, -0.15) is 0 Å². The molecule has 1 aromatic heterocycles. The van der Waals surface area contributed by atoms with Crippen LogP contribution in [0.2, 0.25) is 0 Å². The van der Waals surface area contributed by atoms with Gasteiger partial charge in [0.1, 0.15) is 11.7 Å². The SMILES string of the molecule is CC(=NCc1cccc(C(=N)N)c1)c1cn(Cc2cccc(C(=N)N)c2)c2ccccc12. The molecule has 0 spiro atoms. The molecule has 32 heavy (non-hydrogen) atoms. The highest BCUT2D eigenvalue weighted by Crippen LogP contribution is 2.24. The summed E-state index contributed by atoms with van der Waals surface area (Å²) < 4.78 is 2.21. The van der Waals surface area contributed by atoms with E-state index in [1.807, 2.05) is 67.6 Å². The van der Waals surface area contributed by atoms with E-state index in [0.29, 0.717) is 18.7 Å². The fraction of sp³-hybridized carbons (Fsp3) is 0.115. The highest BCUT2D eigenvalue weighted by Gasteiger charge is 2.11. The molecule has 0 aliphatic rings. The monoisotopic (exact) mass is 422 g/mol. The van der Waals surface area contributed by atoms with E-state index in [1.165, 1.54) is 0 Å². The molecule has 160 valence electrons. The number of hydrogen-bond donors (Lipinski definition) is 4. The van der Waals surface area contributed by atoms with Gasteiger partial charge >= 0.3 is 0 Å². The number of amidine groups is 2. The number of para-hydroxylation sites is 1. The van der Waals surface area contributed by atoms with E-state index in [-0.39, 0.29) is 11.7 Å². The lowest BCUT2D eigenvalue weighted by Gasteiger charge is -2.07. The summed E-state index contributed by atoms with van der Waals surface area (Å²) >= 11 is 0. The zero-order valence-corrected chi connectivity index (χ0v) is 18.0. The lowest BCUT2D eigenvalue weighted by Crippen LogP contribution is -2.11. The van der Waals surface area contributed by atoms with E-state index in [0.717, 1.165) is 38.9 Å². The van der Waals surface area contributed by atoms with Gasteiger partial charge in [0.05, 0.1) is 6.54 Å². The van der Waals surface area contributed by atoms with Crippen LogP contribution in [0.1, 0.15) is 34.7 Å². The molecule has 6 nitrogen and oxygen atoms in total. The molecule has 0 aliphatic carbocycles. The molecule has 6 heteroatoms. The van der Waals surface area contributed by atoms with Gasteiger partial charge in [-0.05, 0) is 36.2 Å². The second-order valence-corrected chi connectivity index (χ2v) is 7.82. The zero-order valence-electron chi connectivity index (χ0n) is 18.0. The molecule has 0 unspecified atom stereocenters. The van der Waals surface area contributed by atoms with Crippen LogP contribution in [0.4, 0.5) is 0 Å². The first-order valence-corrected chi connectivity index (χ1v) is 10.4. The van der Waals surface area contributed by atoms with Crippen molar-refractivity contribution in [2.75, 3.05) is 0 Å². The Bertz CT molecular complexity index is 1350. The summed E-state index contributed by atoms with van der Waals surface area (Å²) in [7, 11) is 0. The summed E-state index contributed by atoms with van der Waals surface area (Å²) in [6, 6.07) is 23.7. The Morgan fingerprint density at radius 1 is 0.844 bits per heavy atom. The number of aromatic nitrogens is 1. The van der Waals surface area contributed by atoms with Crippen molar-refractivity contribution in [3.63, 3.8) is 0 Å². The van der Waals surface area contributed by atoms with Crippen LogP contribution in [0.5, 0.6) is 0 Å². The van der Waals surface area contributed by atoms with Crippen molar-refractivity contribution in [2.45, 2.75) is 20.0 Å². The average Bonchev–Trinajstić information content (AvgIpc) is 3.16. The Kier molecular flexibility index (Phi) is 5.85. The van der Waals surface area contributed by atoms with Crippen LogP contribution in [0, 0.1) is 10.8 Å². The molecule has 0 saturated heterocycles. The molecule has 0 aliphatic heterocycles. The number of hydrogen-bond acceptors (Lipinski definition) is 3. The van der Waals surface area contributed by atoms with E-state index < -0.39 is 0 Å². The zero-order chi connectivity index (χ0) is 22.7. The Hall–Kier alpha value is -4.19. The molecule has 0 bridgehead atoms. The second-order valence-electron chi connectivity index (χ2n) is 7.82. The molecule has 0 saturated carbocycles. The number of benzene rings is 3. The fourth-order valence-electron chi connectivity index (χ4n) is 3.83. The molecule has 4 aromatic rings. The van der Waals surface area contributed by atoms with Crippen LogP contribution < -0.4 is 11.5 Å². The second kappa shape index (κ2) is 8.89. The Morgan fingerprint density at radius 2 is 1.47 bits per heavy atom. The van der Waals surface area contributed by atoms with E-state index in [2.05, 4.69) is 22.9 Å². The van der Waals surface area contributed by atoms with Gasteiger partial charge in [-0.1, -0.05) is 54.6 Å². The molecule has 1 heterocycles. The van der Waals surface area contributed by atoms with Gasteiger partial charge < -0.3 is 16.0 Å². The van der Waals surface area contributed by atoms with E-state index in [4.69, 9.17) is 27.3 Å². The number of nitrogens with zero attached hydrogens (tertiary/aromatic N) is 2. The predicted octanol–water partition coefficient (Wildman–Crippen LogP) is 4.27. The molecule has 0 amide bonds. The molecule has 4 rings (SSSR count). The first-order chi connectivity index (χ1) is 15.4. The maximum atomic E-state index is 7.69. The van der Waals surface area contributed by atoms with Crippen molar-refractivity contribution in [3.05, 3.63) is 107 Å². The van der Waals surface area contributed by atoms with E-state index in [1.54, 1.807) is 0 Å². The van der Waals surface area contributed by atoms with Crippen LogP contribution in [-0.4, -0.2) is 22.0 Å². The van der Waals surface area contributed by atoms with E-state index >= 15 is 0 Å². The van der Waals surface area contributed by atoms with Crippen LogP contribution in [0.3, 0.4) is 0 Å². The summed E-state index contributed by atoms with van der Waals surface area (Å²) in [4.78, 5) is 4.82. The number of aliphatic imine (C=N–C) groups is 1. The van der Waals surface area contributed by atoms with Gasteiger partial charge in [0.25, 0.3) is 0 Å². The van der Waals surface area contributed by atoms with Gasteiger partial charge in [0, 0.05) is 46.0 Å². The number of nitrogens with two attached hydrogens (primary N) is 2. The van der Waals surface area contributed by atoms with Crippen molar-refractivity contribution < 1.29 is 0 Å². The largest absolute Gasteiger partial charge is 0.384 e. The van der Waals surface area contributed by atoms with Gasteiger partial charge in [0.15, 0.2) is 0 Å². The highest BCUT2D eigenvalue weighted by atomic mass is 15.0. The number of fused-ring (bicyclic) bond motifs is 1. The maximum Gasteiger partial charge on any atom is 0.122 e. The molecule has 0 fully saturated rings. The minimum atomic E-state index is 0.0597. The predicted molar refractivity (Wildman–Crippen MR) is 132 cm³/mol. The third kappa shape index (κ3) is 4.44. The topological polar surface area (TPSA) is 117 Å². The molecule has 3 aromatic carbocycles. The highest BCUT2D eigenvalue weighted by molar-refractivity contribution is 6.09. The quantitative estimate of drug-likeness (QED) is 0.263. The van der Waals surface area contributed by atoms with Gasteiger partial charge in [0.2, 0.25) is 0 Å². The summed E-state index contributed by atoms with van der Waals surface area (Å²) in [5, 5.41) is 16.5. The first kappa shape index (κ1) is 21.1. The Morgan fingerprint density at radius 3 is 2.16 bits per heavy atom. The first-order valence-electron chi connectivity index (χ1n) is 10.4. The molecule has 6 N–H and O–H groups in total. The minimum absolute atomic E-state index is 0.0597. The third-order valence-corrected chi connectivity index (χ3v) is 5.51. The van der Waals surface area contributed by atoms with Crippen LogP contribution in [-0.2, 0) is 13.1 Å². The maximum absolute atomic E-state index is 7.69. The molecule has 0 radical (unpaired) electrons. The third-order valence-electron chi connectivity index (χ3n) is 5.51. The Labute approximate surface area is 187 Å². The van der Waals surface area contributed by atoms with Crippen LogP contribution >= 0.6 is 0 Å². The smallest absolute Gasteiger partial charge is 0.122 e. The summed E-state index contributed by atoms with van der Waals surface area (Å²) in [5.41, 5.74) is 18.0. The Balaban J connectivity index is 1.65. The van der Waals surface area contributed by atoms with Gasteiger partial charge in [-0.3, -0.25) is 15.8 Å². The minimum Gasteiger partial charge on any atom is -0.384 e. The lowest BCUT2D eigenvalue weighted by atomic mass is 10.1. The standard InChI is InChI=1S/C26H26N6/c1-17(31-14-18-6-4-8-20(12-18)25(27)28)23-16-32(24-11-3-2-10-22(23)24)15-19-7-5-9-21(13-19)26(29)30/h2-13,16H,14-15H2,1H3,(H3,27,28)(H3,29,30). The fourth-order valence-corrected chi connectivity index (χ4v) is 3.83. The summed E-state index contributed by atoms with van der Waals surface area (Å²) in [6.45, 7) is 3.22. The van der Waals surface area contributed by atoms with Crippen LogP contribution in [0.25, 0.3) is 10.9 Å². The number of nitrogen functional groups attached to an aromatic ring is 2. The van der Waals surface area contributed by atoms with Crippen molar-refractivity contribution >= 4 is 28.3 Å². The molecular formula is C26H26N6. The molecule has 0 atom stereocenters. The van der Waals surface area contributed by atoms with Crippen molar-refractivity contribution in [1.82, 2.24) is 4.57 Å². The normalized spacial score (nSPS) is 11.6. The lowest BCUT2D eigenvalue weighted by molar-refractivity contribution is 0.835. The average molecular weight is 423 g/mol. The van der Waals surface area contributed by atoms with Crippen molar-refractivity contribution in [3.8, 4) is 0 Å². The molecular weight excluding hydrogens is 396 g/mol. The van der Waals surface area contributed by atoms with Crippen LogP contribution in [0.15, 0.2) is 84.0 Å². The van der Waals surface area contributed by atoms with E-state index in [9.17, 15) is 0 Å². The number of nitrogens with one attached hydrogen (secondary N) is 2. The van der Waals surface area contributed by atoms with Gasteiger partial charge in [-0.15, -0.1) is 0 Å². The van der Waals surface area contributed by atoms with Crippen molar-refractivity contribution in [2.24, 2.45) is 16.5 Å². The van der Waals surface area contributed by atoms with Crippen molar-refractivity contribution in [1.29, 1.82) is 10.8 Å². The summed E-state index contributed by atoms with van der Waals surface area (Å²) in [5.74, 6) is 0.131. The number of rotatable bonds is 7. The van der Waals surface area contributed by atoms with Gasteiger partial charge in [-0.25, -0.2) is 0 Å². The summed E-state index contributed by atoms with van der Waals surface area (Å²) in [6.07, 6.45) is 2.13.